The number of aryl methyl sites for hydroxylation is 1. The molecule has 8 nitrogen and oxygen atoms in total. The fourth-order valence-electron chi connectivity index (χ4n) is 4.43. The first-order valence-corrected chi connectivity index (χ1v) is 14.1. The first kappa shape index (κ1) is 32.2. The van der Waals surface area contributed by atoms with Gasteiger partial charge in [-0.15, -0.1) is 23.7 Å². The van der Waals surface area contributed by atoms with Gasteiger partial charge < -0.3 is 15.2 Å². The van der Waals surface area contributed by atoms with E-state index in [0.717, 1.165) is 11.1 Å². The molecule has 0 unspecified atom stereocenters. The van der Waals surface area contributed by atoms with Crippen LogP contribution in [0.1, 0.15) is 29.8 Å². The third-order valence-electron chi connectivity index (χ3n) is 6.40. The molecule has 43 heavy (non-hydrogen) atoms. The van der Waals surface area contributed by atoms with Gasteiger partial charge in [0.2, 0.25) is 12.0 Å². The van der Waals surface area contributed by atoms with Crippen molar-refractivity contribution in [3.05, 3.63) is 88.3 Å². The summed E-state index contributed by atoms with van der Waals surface area (Å²) in [5.74, 6) is -0.676. The molecule has 5 aromatic rings. The molecule has 0 amide bonds. The summed E-state index contributed by atoms with van der Waals surface area (Å²) in [6.07, 6.45) is -4.12. The third kappa shape index (κ3) is 7.10. The number of aromatic nitrogens is 4. The molecule has 0 radical (unpaired) electrons. The summed E-state index contributed by atoms with van der Waals surface area (Å²) < 4.78 is 55.8. The van der Waals surface area contributed by atoms with E-state index in [1.807, 2.05) is 24.3 Å². The van der Waals surface area contributed by atoms with Gasteiger partial charge in [0, 0.05) is 27.7 Å². The standard InChI is InChI=1S/C29H25ClF3N5O3S.ClH/c1-3-40-28(39)22(34)12-17-4-6-18(7-5-17)21-14-42-25-24(21)35-15-36-27(25)41-26(29(31,32)33)20-9-8-19(30)13-23(20)38-11-10-16(2)37-38;/h4-11,13-15,22,26H,3,12,34H2,1-2H3;1H/t22-,26+;/m0./s1. The van der Waals surface area contributed by atoms with Gasteiger partial charge in [-0.1, -0.05) is 41.9 Å². The topological polar surface area (TPSA) is 105 Å². The molecule has 0 saturated heterocycles. The summed E-state index contributed by atoms with van der Waals surface area (Å²) in [6.45, 7) is 3.69. The second kappa shape index (κ2) is 13.3. The van der Waals surface area contributed by atoms with E-state index in [-0.39, 0.29) is 41.2 Å². The highest BCUT2D eigenvalue weighted by Gasteiger charge is 2.45. The van der Waals surface area contributed by atoms with Gasteiger partial charge in [-0.25, -0.2) is 14.6 Å². The number of hydrogen-bond acceptors (Lipinski definition) is 8. The van der Waals surface area contributed by atoms with Crippen molar-refractivity contribution in [1.82, 2.24) is 19.7 Å². The Kier molecular flexibility index (Phi) is 9.96. The summed E-state index contributed by atoms with van der Waals surface area (Å²) >= 11 is 7.32. The first-order chi connectivity index (χ1) is 20.0. The Labute approximate surface area is 260 Å². The molecule has 3 heterocycles. The lowest BCUT2D eigenvalue weighted by Crippen LogP contribution is -2.34. The molecular weight excluding hydrogens is 626 g/mol. The van der Waals surface area contributed by atoms with Gasteiger partial charge in [0.25, 0.3) is 0 Å². The number of alkyl halides is 3. The molecule has 0 spiro atoms. The SMILES string of the molecule is CCOC(=O)[C@@H](N)Cc1ccc(-c2csc3c(O[C@H](c4ccc(Cl)cc4-n4ccc(C)n4)C(F)(F)F)ncnc23)cc1.Cl. The van der Waals surface area contributed by atoms with Crippen molar-refractivity contribution in [3.63, 3.8) is 0 Å². The van der Waals surface area contributed by atoms with E-state index in [1.54, 1.807) is 31.5 Å². The highest BCUT2D eigenvalue weighted by atomic mass is 35.5. The van der Waals surface area contributed by atoms with E-state index in [2.05, 4.69) is 15.1 Å². The number of carbonyl (C=O) groups is 1. The van der Waals surface area contributed by atoms with Crippen LogP contribution in [0.3, 0.4) is 0 Å². The Morgan fingerprint density at radius 1 is 1.14 bits per heavy atom. The predicted octanol–water partition coefficient (Wildman–Crippen LogP) is 7.04. The van der Waals surface area contributed by atoms with Crippen LogP contribution in [0.25, 0.3) is 27.0 Å². The third-order valence-corrected chi connectivity index (χ3v) is 7.59. The number of nitrogens with zero attached hydrogens (tertiary/aromatic N) is 4. The van der Waals surface area contributed by atoms with Gasteiger partial charge in [0.15, 0.2) is 0 Å². The van der Waals surface area contributed by atoms with Crippen molar-refractivity contribution >= 4 is 51.5 Å². The smallest absolute Gasteiger partial charge is 0.429 e. The van der Waals surface area contributed by atoms with Crippen LogP contribution in [0, 0.1) is 6.92 Å². The Morgan fingerprint density at radius 2 is 1.88 bits per heavy atom. The molecule has 0 saturated carbocycles. The van der Waals surface area contributed by atoms with Crippen molar-refractivity contribution in [2.24, 2.45) is 5.73 Å². The normalized spacial score (nSPS) is 12.9. The van der Waals surface area contributed by atoms with Gasteiger partial charge in [-0.05, 0) is 49.6 Å². The van der Waals surface area contributed by atoms with Crippen molar-refractivity contribution in [1.29, 1.82) is 0 Å². The maximum atomic E-state index is 14.5. The van der Waals surface area contributed by atoms with Gasteiger partial charge >= 0.3 is 12.1 Å². The summed E-state index contributed by atoms with van der Waals surface area (Å²) in [5.41, 5.74) is 9.28. The van der Waals surface area contributed by atoms with Crippen molar-refractivity contribution in [2.75, 3.05) is 6.61 Å². The van der Waals surface area contributed by atoms with Crippen molar-refractivity contribution < 1.29 is 27.4 Å². The summed E-state index contributed by atoms with van der Waals surface area (Å²) in [7, 11) is 0. The molecule has 3 aromatic heterocycles. The number of rotatable bonds is 9. The van der Waals surface area contributed by atoms with Crippen LogP contribution in [-0.4, -0.2) is 44.5 Å². The molecule has 226 valence electrons. The molecule has 0 fully saturated rings. The molecule has 5 rings (SSSR count). The monoisotopic (exact) mass is 651 g/mol. The number of thiophene rings is 1. The lowest BCUT2D eigenvalue weighted by molar-refractivity contribution is -0.198. The minimum atomic E-state index is -4.79. The minimum Gasteiger partial charge on any atom is -0.465 e. The zero-order valence-corrected chi connectivity index (χ0v) is 25.2. The zero-order valence-electron chi connectivity index (χ0n) is 22.8. The van der Waals surface area contributed by atoms with E-state index in [0.29, 0.717) is 27.9 Å². The largest absolute Gasteiger partial charge is 0.465 e. The van der Waals surface area contributed by atoms with E-state index >= 15 is 0 Å². The van der Waals surface area contributed by atoms with Crippen LogP contribution >= 0.6 is 35.3 Å². The van der Waals surface area contributed by atoms with Crippen LogP contribution in [0.5, 0.6) is 5.88 Å². The zero-order chi connectivity index (χ0) is 30.0. The Morgan fingerprint density at radius 3 is 2.53 bits per heavy atom. The van der Waals surface area contributed by atoms with Gasteiger partial charge in [0.1, 0.15) is 17.1 Å². The second-order valence-corrected chi connectivity index (χ2v) is 10.7. The van der Waals surface area contributed by atoms with Gasteiger partial charge in [-0.2, -0.15) is 18.3 Å². The number of esters is 1. The van der Waals surface area contributed by atoms with E-state index in [4.69, 9.17) is 26.8 Å². The Balaban J connectivity index is 0.00000423. The van der Waals surface area contributed by atoms with Gasteiger partial charge in [-0.3, -0.25) is 4.79 Å². The molecule has 2 N–H and O–H groups in total. The highest BCUT2D eigenvalue weighted by Crippen LogP contribution is 2.43. The number of fused-ring (bicyclic) bond motifs is 1. The maximum Gasteiger partial charge on any atom is 0.429 e. The predicted molar refractivity (Wildman–Crippen MR) is 161 cm³/mol. The summed E-state index contributed by atoms with van der Waals surface area (Å²) in [6, 6.07) is 12.3. The van der Waals surface area contributed by atoms with Crippen LogP contribution in [0.4, 0.5) is 13.2 Å². The Bertz CT molecular complexity index is 1730. The number of carbonyl (C=O) groups excluding carboxylic acids is 1. The van der Waals surface area contributed by atoms with Crippen LogP contribution in [0.2, 0.25) is 5.02 Å². The highest BCUT2D eigenvalue weighted by molar-refractivity contribution is 7.18. The quantitative estimate of drug-likeness (QED) is 0.170. The van der Waals surface area contributed by atoms with Crippen molar-refractivity contribution in [3.8, 4) is 22.7 Å². The number of benzene rings is 2. The minimum absolute atomic E-state index is 0. The summed E-state index contributed by atoms with van der Waals surface area (Å²) in [5, 5.41) is 6.30. The number of nitrogens with two attached hydrogens (primary N) is 1. The number of ether oxygens (including phenoxy) is 2. The molecule has 2 atom stereocenters. The van der Waals surface area contributed by atoms with Crippen LogP contribution in [-0.2, 0) is 16.0 Å². The molecule has 0 aliphatic carbocycles. The number of halogens is 5. The Hall–Kier alpha value is -3.71. The molecule has 2 aromatic carbocycles. The lowest BCUT2D eigenvalue weighted by atomic mass is 10.0. The van der Waals surface area contributed by atoms with Crippen LogP contribution in [0.15, 0.2) is 66.4 Å². The number of hydrogen-bond donors (Lipinski definition) is 1. The van der Waals surface area contributed by atoms with E-state index in [9.17, 15) is 18.0 Å². The second-order valence-electron chi connectivity index (χ2n) is 9.41. The fraction of sp³-hybridized carbons (Fsp3) is 0.241. The molecule has 0 bridgehead atoms. The average Bonchev–Trinajstić information content (AvgIpc) is 3.59. The maximum absolute atomic E-state index is 14.5. The fourth-order valence-corrected chi connectivity index (χ4v) is 5.56. The lowest BCUT2D eigenvalue weighted by Gasteiger charge is -2.24. The van der Waals surface area contributed by atoms with E-state index in [1.165, 1.54) is 40.5 Å². The molecular formula is C29H26Cl2F3N5O3S. The average molecular weight is 653 g/mol. The van der Waals surface area contributed by atoms with E-state index < -0.39 is 24.3 Å². The summed E-state index contributed by atoms with van der Waals surface area (Å²) in [4.78, 5) is 20.3. The molecule has 14 heteroatoms. The van der Waals surface area contributed by atoms with Crippen molar-refractivity contribution in [2.45, 2.75) is 38.6 Å². The van der Waals surface area contributed by atoms with Gasteiger partial charge in [0.05, 0.1) is 23.5 Å². The first-order valence-electron chi connectivity index (χ1n) is 12.8. The molecule has 0 aliphatic rings. The molecule has 0 aliphatic heterocycles. The van der Waals surface area contributed by atoms with Crippen LogP contribution < -0.4 is 10.5 Å².